The van der Waals surface area contributed by atoms with Crippen molar-refractivity contribution in [3.8, 4) is 0 Å². The van der Waals surface area contributed by atoms with Crippen molar-refractivity contribution in [2.45, 2.75) is 18.1 Å². The fourth-order valence-electron chi connectivity index (χ4n) is 5.51. The monoisotopic (exact) mass is 182 g/mol. The van der Waals surface area contributed by atoms with Crippen LogP contribution in [0.2, 0.25) is 0 Å². The summed E-state index contributed by atoms with van der Waals surface area (Å²) in [5.41, 5.74) is 0.990. The molecule has 5 saturated carbocycles. The molecule has 0 spiro atoms. The van der Waals surface area contributed by atoms with Crippen molar-refractivity contribution in [3.05, 3.63) is 0 Å². The van der Waals surface area contributed by atoms with Gasteiger partial charge in [-0.25, -0.2) is 0 Å². The zero-order valence-electron chi connectivity index (χ0n) is 7.50. The van der Waals surface area contributed by atoms with Crippen LogP contribution in [-0.2, 0) is 0 Å². The summed E-state index contributed by atoms with van der Waals surface area (Å²) in [6, 6.07) is 0. The van der Waals surface area contributed by atoms with Gasteiger partial charge in [-0.2, -0.15) is 11.8 Å². The van der Waals surface area contributed by atoms with E-state index in [1.54, 1.807) is 0 Å². The number of hydrogen-bond donors (Lipinski definition) is 1. The molecule has 5 aliphatic rings. The maximum absolute atomic E-state index is 9.53. The van der Waals surface area contributed by atoms with Gasteiger partial charge in [-0.3, -0.25) is 0 Å². The molecule has 0 aliphatic heterocycles. The number of rotatable bonds is 2. The Kier molecular flexibility index (Phi) is 0.733. The number of hydrogen-bond acceptors (Lipinski definition) is 2. The summed E-state index contributed by atoms with van der Waals surface area (Å²) in [4.78, 5) is 0. The van der Waals surface area contributed by atoms with Gasteiger partial charge in [0.1, 0.15) is 0 Å². The van der Waals surface area contributed by atoms with Gasteiger partial charge in [-0.15, -0.1) is 0 Å². The van der Waals surface area contributed by atoms with Gasteiger partial charge in [-0.1, -0.05) is 6.92 Å². The van der Waals surface area contributed by atoms with Gasteiger partial charge in [0.05, 0.1) is 6.61 Å². The summed E-state index contributed by atoms with van der Waals surface area (Å²) in [5.74, 6) is 2.94. The lowest BCUT2D eigenvalue weighted by Crippen LogP contribution is -2.33. The Hall–Kier alpha value is 0.310. The molecule has 5 aliphatic carbocycles. The molecule has 0 aromatic rings. The number of thioether (sulfide) groups is 1. The number of aliphatic hydroxyl groups excluding tert-OH is 1. The zero-order valence-corrected chi connectivity index (χ0v) is 8.32. The molecule has 0 aromatic heterocycles. The van der Waals surface area contributed by atoms with Gasteiger partial charge < -0.3 is 5.11 Å². The second kappa shape index (κ2) is 1.31. The lowest BCUT2D eigenvalue weighted by atomic mass is 9.74. The third-order valence-electron chi connectivity index (χ3n) is 5.95. The first-order valence-electron chi connectivity index (χ1n) is 4.87. The molecule has 0 heterocycles. The molecular weight excluding hydrogens is 168 g/mol. The van der Waals surface area contributed by atoms with Crippen LogP contribution in [0.15, 0.2) is 0 Å². The van der Waals surface area contributed by atoms with Crippen LogP contribution in [0.3, 0.4) is 0 Å². The SMILES string of the molecule is CSC12CC3C4C1C2(CO)C34C. The van der Waals surface area contributed by atoms with E-state index < -0.39 is 0 Å². The summed E-state index contributed by atoms with van der Waals surface area (Å²) in [6.07, 6.45) is 3.65. The Morgan fingerprint density at radius 2 is 2.33 bits per heavy atom. The van der Waals surface area contributed by atoms with Crippen molar-refractivity contribution in [2.24, 2.45) is 28.6 Å². The van der Waals surface area contributed by atoms with Gasteiger partial charge in [0.2, 0.25) is 0 Å². The van der Waals surface area contributed by atoms with Gasteiger partial charge in [-0.05, 0) is 35.8 Å². The van der Waals surface area contributed by atoms with Crippen LogP contribution < -0.4 is 0 Å². The van der Waals surface area contributed by atoms with Crippen molar-refractivity contribution >= 4 is 11.8 Å². The normalized spacial score (nSPS) is 79.8. The van der Waals surface area contributed by atoms with Crippen LogP contribution in [0.5, 0.6) is 0 Å². The van der Waals surface area contributed by atoms with Crippen LogP contribution in [-0.4, -0.2) is 22.7 Å². The molecule has 0 aromatic carbocycles. The summed E-state index contributed by atoms with van der Waals surface area (Å²) >= 11 is 2.04. The Balaban J connectivity index is 1.91. The van der Waals surface area contributed by atoms with Gasteiger partial charge >= 0.3 is 0 Å². The van der Waals surface area contributed by atoms with Crippen molar-refractivity contribution in [1.82, 2.24) is 0 Å². The fourth-order valence-corrected chi connectivity index (χ4v) is 7.17. The molecule has 6 atom stereocenters. The molecular formula is C10H14OS. The van der Waals surface area contributed by atoms with Crippen LogP contribution in [0.4, 0.5) is 0 Å². The van der Waals surface area contributed by atoms with E-state index in [4.69, 9.17) is 0 Å². The van der Waals surface area contributed by atoms with E-state index in [2.05, 4.69) is 13.2 Å². The van der Waals surface area contributed by atoms with E-state index in [0.717, 1.165) is 17.8 Å². The molecule has 12 heavy (non-hydrogen) atoms. The van der Waals surface area contributed by atoms with Gasteiger partial charge in [0.25, 0.3) is 0 Å². The van der Waals surface area contributed by atoms with Crippen LogP contribution >= 0.6 is 11.8 Å². The van der Waals surface area contributed by atoms with E-state index in [1.807, 2.05) is 11.8 Å². The van der Waals surface area contributed by atoms with Crippen molar-refractivity contribution in [3.63, 3.8) is 0 Å². The summed E-state index contributed by atoms with van der Waals surface area (Å²) < 4.78 is 0.547. The molecule has 1 N–H and O–H groups in total. The standard InChI is InChI=1S/C10H14OS/c1-8-5-3-10(12-2)7(6(5)8)9(8,10)4-11/h5-7,11H,3-4H2,1-2H3. The van der Waals surface area contributed by atoms with Gasteiger partial charge in [0, 0.05) is 10.2 Å². The molecule has 6 unspecified atom stereocenters. The smallest absolute Gasteiger partial charge is 0.0509 e. The van der Waals surface area contributed by atoms with E-state index in [9.17, 15) is 5.11 Å². The molecule has 5 fully saturated rings. The van der Waals surface area contributed by atoms with E-state index in [-0.39, 0.29) is 0 Å². The zero-order chi connectivity index (χ0) is 8.35. The summed E-state index contributed by atoms with van der Waals surface area (Å²) in [7, 11) is 0. The average molecular weight is 182 g/mol. The minimum absolute atomic E-state index is 0.398. The lowest BCUT2D eigenvalue weighted by Gasteiger charge is -2.31. The van der Waals surface area contributed by atoms with Crippen molar-refractivity contribution in [2.75, 3.05) is 12.9 Å². The molecule has 1 nitrogen and oxygen atoms in total. The summed E-state index contributed by atoms with van der Waals surface area (Å²) in [5, 5.41) is 9.53. The molecule has 2 heteroatoms. The van der Waals surface area contributed by atoms with Crippen molar-refractivity contribution in [1.29, 1.82) is 0 Å². The highest BCUT2D eigenvalue weighted by atomic mass is 32.2. The third kappa shape index (κ3) is 0.272. The number of aliphatic hydroxyl groups is 1. The maximum Gasteiger partial charge on any atom is 0.0509 e. The topological polar surface area (TPSA) is 20.2 Å². The minimum Gasteiger partial charge on any atom is -0.396 e. The first kappa shape index (κ1) is 6.72. The Morgan fingerprint density at radius 3 is 2.67 bits per heavy atom. The van der Waals surface area contributed by atoms with Crippen LogP contribution in [0.1, 0.15) is 13.3 Å². The van der Waals surface area contributed by atoms with E-state index >= 15 is 0 Å². The molecule has 5 rings (SSSR count). The van der Waals surface area contributed by atoms with E-state index in [0.29, 0.717) is 22.2 Å². The highest BCUT2D eigenvalue weighted by Gasteiger charge is 3.08. The lowest BCUT2D eigenvalue weighted by molar-refractivity contribution is 0.0720. The highest BCUT2D eigenvalue weighted by Crippen LogP contribution is 3.08. The molecule has 2 bridgehead atoms. The van der Waals surface area contributed by atoms with Crippen LogP contribution in [0, 0.1) is 28.6 Å². The largest absolute Gasteiger partial charge is 0.396 e. The van der Waals surface area contributed by atoms with Crippen LogP contribution in [0.25, 0.3) is 0 Å². The third-order valence-corrected chi connectivity index (χ3v) is 7.46. The molecule has 0 saturated heterocycles. The van der Waals surface area contributed by atoms with Gasteiger partial charge in [0.15, 0.2) is 0 Å². The second-order valence-electron chi connectivity index (χ2n) is 5.32. The Morgan fingerprint density at radius 1 is 1.58 bits per heavy atom. The second-order valence-corrected chi connectivity index (χ2v) is 6.46. The predicted molar refractivity (Wildman–Crippen MR) is 49.0 cm³/mol. The maximum atomic E-state index is 9.53. The average Bonchev–Trinajstić information content (AvgIpc) is 2.65. The molecule has 66 valence electrons. The summed E-state index contributed by atoms with van der Waals surface area (Å²) in [6.45, 7) is 2.88. The first-order valence-corrected chi connectivity index (χ1v) is 6.09. The first-order chi connectivity index (χ1) is 5.70. The minimum atomic E-state index is 0.398. The predicted octanol–water partition coefficient (Wildman–Crippen LogP) is 1.37. The Labute approximate surface area is 76.9 Å². The van der Waals surface area contributed by atoms with E-state index in [1.165, 1.54) is 6.42 Å². The highest BCUT2D eigenvalue weighted by molar-refractivity contribution is 8.00. The molecule has 0 amide bonds. The van der Waals surface area contributed by atoms with Crippen molar-refractivity contribution < 1.29 is 5.11 Å². The molecule has 0 radical (unpaired) electrons. The fraction of sp³-hybridized carbons (Fsp3) is 1.00. The Bertz CT molecular complexity index is 298. The quantitative estimate of drug-likeness (QED) is 0.696.